The van der Waals surface area contributed by atoms with Crippen LogP contribution in [0, 0.1) is 11.7 Å². The van der Waals surface area contributed by atoms with E-state index in [4.69, 9.17) is 4.74 Å². The van der Waals surface area contributed by atoms with Gasteiger partial charge < -0.3 is 10.1 Å². The molecule has 1 N–H and O–H groups in total. The number of halogens is 1. The lowest BCUT2D eigenvalue weighted by Crippen LogP contribution is -2.19. The molecular formula is C16H26FNO. The van der Waals surface area contributed by atoms with E-state index in [9.17, 15) is 4.39 Å². The lowest BCUT2D eigenvalue weighted by molar-refractivity contribution is 0.117. The highest BCUT2D eigenvalue weighted by molar-refractivity contribution is 5.21. The summed E-state index contributed by atoms with van der Waals surface area (Å²) in [6.07, 6.45) is 2.01. The van der Waals surface area contributed by atoms with Gasteiger partial charge in [0.2, 0.25) is 0 Å². The van der Waals surface area contributed by atoms with Crippen molar-refractivity contribution in [1.29, 1.82) is 0 Å². The summed E-state index contributed by atoms with van der Waals surface area (Å²) in [4.78, 5) is 0. The SMILES string of the molecule is CNCC(CCOCCC(C)C)c1cccc(F)c1. The first-order chi connectivity index (χ1) is 9.13. The van der Waals surface area contributed by atoms with Crippen LogP contribution >= 0.6 is 0 Å². The molecule has 1 unspecified atom stereocenters. The van der Waals surface area contributed by atoms with E-state index in [1.807, 2.05) is 13.1 Å². The van der Waals surface area contributed by atoms with Crippen molar-refractivity contribution in [3.8, 4) is 0 Å². The fourth-order valence-electron chi connectivity index (χ4n) is 2.04. The van der Waals surface area contributed by atoms with Crippen LogP contribution in [0.1, 0.15) is 38.2 Å². The lowest BCUT2D eigenvalue weighted by Gasteiger charge is -2.17. The van der Waals surface area contributed by atoms with Crippen LogP contribution < -0.4 is 5.32 Å². The van der Waals surface area contributed by atoms with E-state index in [2.05, 4.69) is 19.2 Å². The van der Waals surface area contributed by atoms with Gasteiger partial charge in [0.1, 0.15) is 5.82 Å². The van der Waals surface area contributed by atoms with Gasteiger partial charge >= 0.3 is 0 Å². The zero-order valence-electron chi connectivity index (χ0n) is 12.3. The third kappa shape index (κ3) is 6.69. The van der Waals surface area contributed by atoms with Crippen molar-refractivity contribution in [3.63, 3.8) is 0 Å². The van der Waals surface area contributed by atoms with Crippen molar-refractivity contribution in [2.75, 3.05) is 26.8 Å². The van der Waals surface area contributed by atoms with E-state index >= 15 is 0 Å². The van der Waals surface area contributed by atoms with E-state index in [0.717, 1.165) is 38.2 Å². The molecule has 0 radical (unpaired) electrons. The van der Waals surface area contributed by atoms with Gasteiger partial charge in [-0.15, -0.1) is 0 Å². The van der Waals surface area contributed by atoms with Gasteiger partial charge in [0.05, 0.1) is 0 Å². The molecule has 0 amide bonds. The summed E-state index contributed by atoms with van der Waals surface area (Å²) in [5.41, 5.74) is 1.04. The van der Waals surface area contributed by atoms with Crippen molar-refractivity contribution in [2.45, 2.75) is 32.6 Å². The first-order valence-corrected chi connectivity index (χ1v) is 7.11. The van der Waals surface area contributed by atoms with Crippen molar-refractivity contribution < 1.29 is 9.13 Å². The smallest absolute Gasteiger partial charge is 0.123 e. The minimum absolute atomic E-state index is 0.167. The Labute approximate surface area is 116 Å². The molecule has 1 aromatic rings. The Hall–Kier alpha value is -0.930. The number of benzene rings is 1. The standard InChI is InChI=1S/C16H26FNO/c1-13(2)7-9-19-10-8-15(12-18-3)14-5-4-6-16(17)11-14/h4-6,11,13,15,18H,7-10,12H2,1-3H3. The maximum absolute atomic E-state index is 13.2. The maximum atomic E-state index is 13.2. The topological polar surface area (TPSA) is 21.3 Å². The minimum atomic E-state index is -0.167. The van der Waals surface area contributed by atoms with Crippen molar-refractivity contribution in [1.82, 2.24) is 5.32 Å². The molecule has 0 fully saturated rings. The predicted octanol–water partition coefficient (Wildman–Crippen LogP) is 3.58. The molecule has 0 bridgehead atoms. The number of ether oxygens (including phenoxy) is 1. The molecule has 0 heterocycles. The fourth-order valence-corrected chi connectivity index (χ4v) is 2.04. The van der Waals surface area contributed by atoms with Gasteiger partial charge in [-0.25, -0.2) is 4.39 Å². The summed E-state index contributed by atoms with van der Waals surface area (Å²) in [5, 5.41) is 3.17. The van der Waals surface area contributed by atoms with Gasteiger partial charge in [-0.05, 0) is 49.4 Å². The van der Waals surface area contributed by atoms with Crippen LogP contribution in [-0.4, -0.2) is 26.8 Å². The van der Waals surface area contributed by atoms with Gasteiger partial charge in [-0.2, -0.15) is 0 Å². The fraction of sp³-hybridized carbons (Fsp3) is 0.625. The quantitative estimate of drug-likeness (QED) is 0.690. The Morgan fingerprint density at radius 3 is 2.58 bits per heavy atom. The predicted molar refractivity (Wildman–Crippen MR) is 78.0 cm³/mol. The maximum Gasteiger partial charge on any atom is 0.123 e. The largest absolute Gasteiger partial charge is 0.381 e. The number of hydrogen-bond acceptors (Lipinski definition) is 2. The number of likely N-dealkylation sites (N-methyl/N-ethyl adjacent to an activating group) is 1. The van der Waals surface area contributed by atoms with Gasteiger partial charge in [-0.1, -0.05) is 26.0 Å². The number of nitrogens with one attached hydrogen (secondary N) is 1. The third-order valence-electron chi connectivity index (χ3n) is 3.22. The highest BCUT2D eigenvalue weighted by Gasteiger charge is 2.11. The third-order valence-corrected chi connectivity index (χ3v) is 3.22. The summed E-state index contributed by atoms with van der Waals surface area (Å²) >= 11 is 0. The van der Waals surface area contributed by atoms with Crippen LogP contribution in [0.15, 0.2) is 24.3 Å². The summed E-state index contributed by atoms with van der Waals surface area (Å²) < 4.78 is 18.9. The van der Waals surface area contributed by atoms with E-state index in [1.165, 1.54) is 6.07 Å². The molecule has 108 valence electrons. The zero-order valence-corrected chi connectivity index (χ0v) is 12.3. The van der Waals surface area contributed by atoms with Gasteiger partial charge in [0, 0.05) is 19.8 Å². The molecule has 2 nitrogen and oxygen atoms in total. The molecule has 0 spiro atoms. The van der Waals surface area contributed by atoms with Crippen LogP contribution in [0.2, 0.25) is 0 Å². The van der Waals surface area contributed by atoms with Crippen molar-refractivity contribution >= 4 is 0 Å². The molecular weight excluding hydrogens is 241 g/mol. The summed E-state index contributed by atoms with van der Waals surface area (Å²) in [6.45, 7) is 6.78. The van der Waals surface area contributed by atoms with E-state index in [1.54, 1.807) is 12.1 Å². The average Bonchev–Trinajstić information content (AvgIpc) is 2.36. The normalized spacial score (nSPS) is 12.9. The Bertz CT molecular complexity index is 354. The van der Waals surface area contributed by atoms with Crippen LogP contribution in [0.25, 0.3) is 0 Å². The summed E-state index contributed by atoms with van der Waals surface area (Å²) in [5.74, 6) is 0.815. The molecule has 1 aromatic carbocycles. The van der Waals surface area contributed by atoms with Crippen LogP contribution in [0.3, 0.4) is 0 Å². The van der Waals surface area contributed by atoms with Gasteiger partial charge in [0.25, 0.3) is 0 Å². The molecule has 0 aliphatic rings. The molecule has 0 aliphatic heterocycles. The Kier molecular flexibility index (Phi) is 7.68. The molecule has 1 atom stereocenters. The van der Waals surface area contributed by atoms with E-state index < -0.39 is 0 Å². The molecule has 0 saturated heterocycles. The molecule has 0 saturated carbocycles. The monoisotopic (exact) mass is 267 g/mol. The number of rotatable bonds is 9. The highest BCUT2D eigenvalue weighted by Crippen LogP contribution is 2.20. The van der Waals surface area contributed by atoms with E-state index in [0.29, 0.717) is 11.8 Å². The second kappa shape index (κ2) is 9.05. The van der Waals surface area contributed by atoms with Crippen LogP contribution in [0.4, 0.5) is 4.39 Å². The molecule has 0 aliphatic carbocycles. The molecule has 19 heavy (non-hydrogen) atoms. The summed E-state index contributed by atoms with van der Waals surface area (Å²) in [6, 6.07) is 6.86. The lowest BCUT2D eigenvalue weighted by atomic mass is 9.96. The molecule has 3 heteroatoms. The van der Waals surface area contributed by atoms with Crippen LogP contribution in [-0.2, 0) is 4.74 Å². The number of hydrogen-bond donors (Lipinski definition) is 1. The second-order valence-electron chi connectivity index (χ2n) is 5.39. The zero-order chi connectivity index (χ0) is 14.1. The van der Waals surface area contributed by atoms with Gasteiger partial charge in [0.15, 0.2) is 0 Å². The van der Waals surface area contributed by atoms with Crippen molar-refractivity contribution in [2.24, 2.45) is 5.92 Å². The first kappa shape index (κ1) is 16.1. The Balaban J connectivity index is 2.40. The Morgan fingerprint density at radius 1 is 1.21 bits per heavy atom. The highest BCUT2D eigenvalue weighted by atomic mass is 19.1. The average molecular weight is 267 g/mol. The van der Waals surface area contributed by atoms with E-state index in [-0.39, 0.29) is 5.82 Å². The Morgan fingerprint density at radius 2 is 1.95 bits per heavy atom. The van der Waals surface area contributed by atoms with Gasteiger partial charge in [-0.3, -0.25) is 0 Å². The molecule has 1 rings (SSSR count). The van der Waals surface area contributed by atoms with Crippen molar-refractivity contribution in [3.05, 3.63) is 35.6 Å². The summed E-state index contributed by atoms with van der Waals surface area (Å²) in [7, 11) is 1.92. The van der Waals surface area contributed by atoms with Crippen LogP contribution in [0.5, 0.6) is 0 Å². The first-order valence-electron chi connectivity index (χ1n) is 7.11. The second-order valence-corrected chi connectivity index (χ2v) is 5.39. The molecule has 0 aromatic heterocycles. The minimum Gasteiger partial charge on any atom is -0.381 e.